The molecule has 8 aromatic heterocycles. The highest BCUT2D eigenvalue weighted by Crippen LogP contribution is 2.27. The second kappa shape index (κ2) is 15.7. The van der Waals surface area contributed by atoms with Gasteiger partial charge in [-0.25, -0.2) is 44.7 Å². The Balaban J connectivity index is 0.000000130. The molecule has 8 heterocycles. The lowest BCUT2D eigenvalue weighted by Gasteiger charge is -1.93. The third-order valence-electron chi connectivity index (χ3n) is 6.35. The van der Waals surface area contributed by atoms with E-state index in [1.54, 1.807) is 6.20 Å². The fraction of sp³-hybridized carbons (Fsp3) is 0. The van der Waals surface area contributed by atoms with Crippen LogP contribution in [0.3, 0.4) is 0 Å². The van der Waals surface area contributed by atoms with Gasteiger partial charge in [-0.05, 0) is 27.5 Å². The Morgan fingerprint density at radius 3 is 1.30 bits per heavy atom. The second-order valence-corrected chi connectivity index (χ2v) is 11.9. The summed E-state index contributed by atoms with van der Waals surface area (Å²) in [5, 5.41) is 11.3. The van der Waals surface area contributed by atoms with Crippen LogP contribution in [0, 0.1) is 0 Å². The Hall–Kier alpha value is -4.98. The smallest absolute Gasteiger partial charge is 0.338 e. The van der Waals surface area contributed by atoms with Crippen LogP contribution in [0.1, 0.15) is 31.1 Å². The zero-order valence-electron chi connectivity index (χ0n) is 24.2. The van der Waals surface area contributed by atoms with Crippen molar-refractivity contribution in [1.82, 2.24) is 59.8 Å². The van der Waals surface area contributed by atoms with Crippen LogP contribution in [0.25, 0.3) is 44.1 Å². The van der Waals surface area contributed by atoms with E-state index in [0.29, 0.717) is 49.4 Å². The molecule has 7 N–H and O–H groups in total. The van der Waals surface area contributed by atoms with E-state index in [1.165, 1.54) is 43.9 Å². The minimum absolute atomic E-state index is 0.0839. The number of halogens is 6. The van der Waals surface area contributed by atoms with Gasteiger partial charge in [0.2, 0.25) is 0 Å². The van der Waals surface area contributed by atoms with Crippen molar-refractivity contribution in [2.75, 3.05) is 0 Å². The van der Waals surface area contributed by atoms with Crippen molar-refractivity contribution in [2.24, 2.45) is 5.73 Å². The van der Waals surface area contributed by atoms with Gasteiger partial charge in [-0.3, -0.25) is 9.59 Å². The summed E-state index contributed by atoms with van der Waals surface area (Å²) in [4.78, 5) is 74.3. The van der Waals surface area contributed by atoms with Crippen LogP contribution in [-0.4, -0.2) is 82.0 Å². The van der Waals surface area contributed by atoms with Crippen molar-refractivity contribution in [3.63, 3.8) is 0 Å². The van der Waals surface area contributed by atoms with Crippen LogP contribution in [0.15, 0.2) is 54.6 Å². The SMILES string of the molecule is Clc1ncnc2[nH]cc(Br)c12.NC(=O)c1c[nH]c2ncnc(Cl)c12.O=C(Cl)c1c[nH]c2ncnc(Cl)c12.O=C(O)c1c[nH]c2ncnc(Cl)c12. The lowest BCUT2D eigenvalue weighted by atomic mass is 10.2. The molecule has 0 saturated carbocycles. The molecule has 0 aliphatic heterocycles. The third kappa shape index (κ3) is 7.75. The normalized spacial score (nSPS) is 10.6. The first-order valence-electron chi connectivity index (χ1n) is 13.2. The van der Waals surface area contributed by atoms with E-state index in [2.05, 4.69) is 75.7 Å². The number of aromatic nitrogens is 12. The van der Waals surface area contributed by atoms with Crippen LogP contribution in [0.5, 0.6) is 0 Å². The molecule has 0 bridgehead atoms. The minimum atomic E-state index is -1.05. The number of amides is 1. The van der Waals surface area contributed by atoms with E-state index in [9.17, 15) is 14.4 Å². The number of aromatic carboxylic acids is 1. The molecule has 8 rings (SSSR count). The number of carbonyl (C=O) groups excluding carboxylic acids is 2. The number of fused-ring (bicyclic) bond motifs is 4. The molecule has 0 fully saturated rings. The largest absolute Gasteiger partial charge is 0.478 e. The highest BCUT2D eigenvalue weighted by Gasteiger charge is 2.16. The van der Waals surface area contributed by atoms with Gasteiger partial charge < -0.3 is 30.8 Å². The number of rotatable bonds is 3. The summed E-state index contributed by atoms with van der Waals surface area (Å²) in [6.45, 7) is 0. The maximum absolute atomic E-state index is 10.9. The van der Waals surface area contributed by atoms with Gasteiger partial charge in [-0.2, -0.15) is 0 Å². The maximum atomic E-state index is 10.9. The summed E-state index contributed by atoms with van der Waals surface area (Å²) in [5.41, 5.74) is 7.99. The summed E-state index contributed by atoms with van der Waals surface area (Å²) in [7, 11) is 0. The molecule has 0 aliphatic carbocycles. The van der Waals surface area contributed by atoms with Crippen molar-refractivity contribution in [3.8, 4) is 0 Å². The van der Waals surface area contributed by atoms with Crippen molar-refractivity contribution in [1.29, 1.82) is 0 Å². The molecular formula is C27H15BrCl5N13O4. The van der Waals surface area contributed by atoms with E-state index in [1.807, 2.05) is 0 Å². The highest BCUT2D eigenvalue weighted by molar-refractivity contribution is 9.10. The van der Waals surface area contributed by atoms with Gasteiger partial charge in [0.25, 0.3) is 11.1 Å². The molecule has 23 heteroatoms. The Labute approximate surface area is 310 Å². The first-order valence-corrected chi connectivity index (χ1v) is 15.9. The fourth-order valence-electron chi connectivity index (χ4n) is 4.18. The number of hydrogen-bond acceptors (Lipinski definition) is 11. The molecule has 0 atom stereocenters. The number of nitrogens with two attached hydrogens (primary N) is 1. The van der Waals surface area contributed by atoms with Crippen LogP contribution < -0.4 is 5.73 Å². The van der Waals surface area contributed by atoms with Crippen LogP contribution in [0.2, 0.25) is 20.6 Å². The zero-order chi connectivity index (χ0) is 36.1. The number of carboxylic acids is 1. The molecule has 0 saturated heterocycles. The molecule has 0 aliphatic rings. The number of nitrogens with one attached hydrogen (secondary N) is 4. The van der Waals surface area contributed by atoms with Gasteiger partial charge in [0.15, 0.2) is 0 Å². The van der Waals surface area contributed by atoms with Gasteiger partial charge in [-0.1, -0.05) is 46.4 Å². The summed E-state index contributed by atoms with van der Waals surface area (Å²) >= 11 is 31.7. The molecule has 254 valence electrons. The average molecular weight is 843 g/mol. The molecule has 0 radical (unpaired) electrons. The number of carbonyl (C=O) groups is 3. The molecular weight excluding hydrogens is 828 g/mol. The number of aromatic amines is 4. The van der Waals surface area contributed by atoms with Gasteiger partial charge in [0.05, 0.1) is 38.2 Å². The average Bonchev–Trinajstić information content (AvgIpc) is 3.88. The number of carboxylic acid groups (broad SMARTS) is 1. The van der Waals surface area contributed by atoms with E-state index in [0.717, 1.165) is 15.5 Å². The summed E-state index contributed by atoms with van der Waals surface area (Å²) in [5.74, 6) is -1.61. The second-order valence-electron chi connectivity index (χ2n) is 9.24. The first-order chi connectivity index (χ1) is 23.9. The Bertz CT molecular complexity index is 2320. The fourth-order valence-corrected chi connectivity index (χ4v) is 5.87. The molecule has 50 heavy (non-hydrogen) atoms. The van der Waals surface area contributed by atoms with Gasteiger partial charge >= 0.3 is 5.97 Å². The Morgan fingerprint density at radius 2 is 0.900 bits per heavy atom. The summed E-state index contributed by atoms with van der Waals surface area (Å²) in [6.07, 6.45) is 11.4. The molecule has 8 aromatic rings. The van der Waals surface area contributed by atoms with E-state index in [4.69, 9.17) is 68.8 Å². The first kappa shape index (κ1) is 36.3. The topological polar surface area (TPSA) is 264 Å². The van der Waals surface area contributed by atoms with Gasteiger partial charge in [-0.15, -0.1) is 0 Å². The molecule has 0 spiro atoms. The molecule has 0 unspecified atom stereocenters. The van der Waals surface area contributed by atoms with Gasteiger partial charge in [0, 0.05) is 29.3 Å². The monoisotopic (exact) mass is 839 g/mol. The van der Waals surface area contributed by atoms with Crippen molar-refractivity contribution >= 4 is 135 Å². The summed E-state index contributed by atoms with van der Waals surface area (Å²) in [6, 6.07) is 0. The maximum Gasteiger partial charge on any atom is 0.338 e. The van der Waals surface area contributed by atoms with Crippen molar-refractivity contribution in [2.45, 2.75) is 0 Å². The Kier molecular flexibility index (Phi) is 11.4. The van der Waals surface area contributed by atoms with Gasteiger partial charge in [0.1, 0.15) is 68.5 Å². The quantitative estimate of drug-likeness (QED) is 0.0836. The lowest BCUT2D eigenvalue weighted by Crippen LogP contribution is -2.10. The number of nitrogens with zero attached hydrogens (tertiary/aromatic N) is 8. The number of primary amides is 1. The lowest BCUT2D eigenvalue weighted by molar-refractivity contribution is 0.0698. The molecule has 1 amide bonds. The van der Waals surface area contributed by atoms with E-state index >= 15 is 0 Å². The van der Waals surface area contributed by atoms with Crippen LogP contribution >= 0.6 is 73.9 Å². The molecule has 0 aromatic carbocycles. The van der Waals surface area contributed by atoms with Crippen LogP contribution in [0.4, 0.5) is 0 Å². The standard InChI is InChI=1S/C7H3Cl2N3O.C7H5ClN4O.C7H4ClN3O2.C6H3BrClN3/c2*8-5-4-3(6(9)13)1-10-7(4)12-2-11-5;8-5-4-3(7(12)13)1-9-6(4)11-2-10-5;7-3-1-9-6-4(3)5(8)10-2-11-6/h1-2H,(H,10,11,12);1-2H,(H2,9,13)(H,10,11,12);1-2H,(H,12,13)(H,9,10,11);1-2H,(H,9,10,11). The van der Waals surface area contributed by atoms with Crippen molar-refractivity contribution < 1.29 is 19.5 Å². The predicted molar refractivity (Wildman–Crippen MR) is 189 cm³/mol. The number of hydrogen-bond donors (Lipinski definition) is 6. The minimum Gasteiger partial charge on any atom is -0.478 e. The molecule has 17 nitrogen and oxygen atoms in total. The number of H-pyrrole nitrogens is 4. The predicted octanol–water partition coefficient (Wildman–Crippen LogP) is 6.38. The van der Waals surface area contributed by atoms with Crippen LogP contribution in [-0.2, 0) is 0 Å². The van der Waals surface area contributed by atoms with E-state index < -0.39 is 17.1 Å². The van der Waals surface area contributed by atoms with Crippen molar-refractivity contribution in [3.05, 3.63) is 91.9 Å². The third-order valence-corrected chi connectivity index (χ3v) is 8.33. The zero-order valence-corrected chi connectivity index (χ0v) is 29.6. The highest BCUT2D eigenvalue weighted by atomic mass is 79.9. The Morgan fingerprint density at radius 1 is 0.560 bits per heavy atom. The summed E-state index contributed by atoms with van der Waals surface area (Å²) < 4.78 is 0.887. The van der Waals surface area contributed by atoms with E-state index in [-0.39, 0.29) is 21.0 Å².